The van der Waals surface area contributed by atoms with Gasteiger partial charge in [0.2, 0.25) is 0 Å². The van der Waals surface area contributed by atoms with Crippen LogP contribution in [0.5, 0.6) is 0 Å². The molecule has 0 radical (unpaired) electrons. The molecule has 0 aliphatic heterocycles. The Balaban J connectivity index is 2.87. The number of nitrogens with one attached hydrogen (secondary N) is 1. The maximum absolute atomic E-state index is 12.0. The van der Waals surface area contributed by atoms with Crippen LogP contribution in [0.4, 0.5) is 4.79 Å². The van der Waals surface area contributed by atoms with Gasteiger partial charge >= 0.3 is 12.1 Å². The van der Waals surface area contributed by atoms with Crippen LogP contribution in [-0.4, -0.2) is 37.4 Å². The molecule has 0 bridgehead atoms. The van der Waals surface area contributed by atoms with E-state index in [0.29, 0.717) is 19.6 Å². The summed E-state index contributed by atoms with van der Waals surface area (Å²) in [7, 11) is 1.29. The summed E-state index contributed by atoms with van der Waals surface area (Å²) in [6.07, 6.45) is -0.352. The molecule has 134 valence electrons. The fourth-order valence-electron chi connectivity index (χ4n) is 2.11. The van der Waals surface area contributed by atoms with Crippen LogP contribution in [-0.2, 0) is 32.0 Å². The first-order chi connectivity index (χ1) is 11.3. The van der Waals surface area contributed by atoms with Gasteiger partial charge in [-0.25, -0.2) is 9.59 Å². The first-order valence-electron chi connectivity index (χ1n) is 7.98. The molecule has 1 N–H and O–H groups in total. The summed E-state index contributed by atoms with van der Waals surface area (Å²) in [6.45, 7) is 8.26. The first kappa shape index (κ1) is 20.0. The molecule has 24 heavy (non-hydrogen) atoms. The van der Waals surface area contributed by atoms with Gasteiger partial charge in [-0.3, -0.25) is 0 Å². The summed E-state index contributed by atoms with van der Waals surface area (Å²) in [5, 5.41) is 2.58. The van der Waals surface area contributed by atoms with Gasteiger partial charge in [0, 0.05) is 13.0 Å². The molecule has 1 aromatic rings. The number of methoxy groups -OCH3 is 1. The number of rotatable bonds is 7. The van der Waals surface area contributed by atoms with Crippen molar-refractivity contribution in [2.45, 2.75) is 52.4 Å². The monoisotopic (exact) mass is 337 g/mol. The van der Waals surface area contributed by atoms with Gasteiger partial charge in [-0.05, 0) is 38.8 Å². The maximum atomic E-state index is 12.0. The van der Waals surface area contributed by atoms with E-state index < -0.39 is 23.7 Å². The topological polar surface area (TPSA) is 73.9 Å². The first-order valence-corrected chi connectivity index (χ1v) is 7.98. The number of ether oxygens (including phenoxy) is 3. The number of alkyl carbamates (subject to hydrolysis) is 1. The maximum Gasteiger partial charge on any atom is 0.408 e. The third-order valence-electron chi connectivity index (χ3n) is 3.18. The molecular weight excluding hydrogens is 310 g/mol. The summed E-state index contributed by atoms with van der Waals surface area (Å²) < 4.78 is 15.5. The second-order valence-corrected chi connectivity index (χ2v) is 6.33. The third-order valence-corrected chi connectivity index (χ3v) is 3.18. The van der Waals surface area contributed by atoms with Crippen LogP contribution in [0.25, 0.3) is 0 Å². The lowest BCUT2D eigenvalue weighted by Crippen LogP contribution is -2.45. The molecular formula is C18H27NO5. The van der Waals surface area contributed by atoms with Crippen LogP contribution >= 0.6 is 0 Å². The van der Waals surface area contributed by atoms with Crippen LogP contribution in [0, 0.1) is 0 Å². The summed E-state index contributed by atoms with van der Waals surface area (Å²) in [5.74, 6) is -0.521. The average molecular weight is 337 g/mol. The lowest BCUT2D eigenvalue weighted by molar-refractivity contribution is -0.143. The number of carbonyl (C=O) groups is 2. The van der Waals surface area contributed by atoms with Crippen LogP contribution < -0.4 is 5.32 Å². The molecule has 0 heterocycles. The molecule has 0 aliphatic rings. The standard InChI is InChI=1S/C18H27NO5/c1-6-23-12-14-10-8-7-9-13(14)11-15(16(20)22-5)19-17(21)24-18(2,3)4/h7-10,15H,6,11-12H2,1-5H3,(H,19,21)/t15-/m1/s1. The molecule has 6 heteroatoms. The summed E-state index contributed by atoms with van der Waals surface area (Å²) in [6, 6.07) is 6.81. The van der Waals surface area contributed by atoms with E-state index in [9.17, 15) is 9.59 Å². The molecule has 0 saturated heterocycles. The van der Waals surface area contributed by atoms with Gasteiger partial charge in [0.05, 0.1) is 13.7 Å². The summed E-state index contributed by atoms with van der Waals surface area (Å²) >= 11 is 0. The SMILES string of the molecule is CCOCc1ccccc1C[C@@H](NC(=O)OC(C)(C)C)C(=O)OC. The number of hydrogen-bond donors (Lipinski definition) is 1. The molecule has 0 fully saturated rings. The number of carbonyl (C=O) groups excluding carboxylic acids is 2. The Morgan fingerprint density at radius 1 is 1.17 bits per heavy atom. The Bertz CT molecular complexity index is 551. The second-order valence-electron chi connectivity index (χ2n) is 6.33. The predicted octanol–water partition coefficient (Wildman–Crippen LogP) is 2.83. The molecule has 0 saturated carbocycles. The number of esters is 1. The Hall–Kier alpha value is -2.08. The zero-order chi connectivity index (χ0) is 18.2. The van der Waals surface area contributed by atoms with Crippen LogP contribution in [0.15, 0.2) is 24.3 Å². The van der Waals surface area contributed by atoms with Crippen LogP contribution in [0.3, 0.4) is 0 Å². The lowest BCUT2D eigenvalue weighted by Gasteiger charge is -2.23. The number of amides is 1. The van der Waals surface area contributed by atoms with Crippen molar-refractivity contribution in [3.05, 3.63) is 35.4 Å². The number of hydrogen-bond acceptors (Lipinski definition) is 5. The number of benzene rings is 1. The average Bonchev–Trinajstić information content (AvgIpc) is 2.50. The van der Waals surface area contributed by atoms with E-state index in [2.05, 4.69) is 5.32 Å². The van der Waals surface area contributed by atoms with Crippen molar-refractivity contribution in [2.75, 3.05) is 13.7 Å². The van der Waals surface area contributed by atoms with Crippen molar-refractivity contribution in [3.8, 4) is 0 Å². The largest absolute Gasteiger partial charge is 0.467 e. The highest BCUT2D eigenvalue weighted by Crippen LogP contribution is 2.14. The van der Waals surface area contributed by atoms with Gasteiger partial charge in [0.1, 0.15) is 11.6 Å². The van der Waals surface area contributed by atoms with E-state index in [4.69, 9.17) is 14.2 Å². The van der Waals surface area contributed by atoms with Gasteiger partial charge in [0.15, 0.2) is 0 Å². The fraction of sp³-hybridized carbons (Fsp3) is 0.556. The van der Waals surface area contributed by atoms with Crippen molar-refractivity contribution in [3.63, 3.8) is 0 Å². The second kappa shape index (κ2) is 9.27. The van der Waals surface area contributed by atoms with Crippen LogP contribution in [0.2, 0.25) is 0 Å². The highest BCUT2D eigenvalue weighted by atomic mass is 16.6. The van der Waals surface area contributed by atoms with E-state index in [-0.39, 0.29) is 0 Å². The predicted molar refractivity (Wildman–Crippen MR) is 90.6 cm³/mol. The van der Waals surface area contributed by atoms with Gasteiger partial charge in [0.25, 0.3) is 0 Å². The van der Waals surface area contributed by atoms with E-state index in [0.717, 1.165) is 11.1 Å². The lowest BCUT2D eigenvalue weighted by atomic mass is 10.0. The van der Waals surface area contributed by atoms with Crippen molar-refractivity contribution >= 4 is 12.1 Å². The van der Waals surface area contributed by atoms with Gasteiger partial charge in [-0.1, -0.05) is 24.3 Å². The van der Waals surface area contributed by atoms with Gasteiger partial charge < -0.3 is 19.5 Å². The zero-order valence-corrected chi connectivity index (χ0v) is 15.0. The van der Waals surface area contributed by atoms with E-state index >= 15 is 0 Å². The third kappa shape index (κ3) is 7.00. The van der Waals surface area contributed by atoms with E-state index in [1.54, 1.807) is 20.8 Å². The minimum atomic E-state index is -0.826. The smallest absolute Gasteiger partial charge is 0.408 e. The Kier molecular flexibility index (Phi) is 7.71. The molecule has 1 rings (SSSR count). The molecule has 1 aromatic carbocycles. The van der Waals surface area contributed by atoms with Crippen molar-refractivity contribution < 1.29 is 23.8 Å². The Morgan fingerprint density at radius 2 is 1.79 bits per heavy atom. The Morgan fingerprint density at radius 3 is 2.33 bits per heavy atom. The summed E-state index contributed by atoms with van der Waals surface area (Å²) in [4.78, 5) is 24.0. The molecule has 1 atom stereocenters. The van der Waals surface area contributed by atoms with Gasteiger partial charge in [-0.15, -0.1) is 0 Å². The van der Waals surface area contributed by atoms with Crippen LogP contribution in [0.1, 0.15) is 38.8 Å². The van der Waals surface area contributed by atoms with Crippen molar-refractivity contribution in [1.29, 1.82) is 0 Å². The highest BCUT2D eigenvalue weighted by molar-refractivity contribution is 5.81. The molecule has 0 unspecified atom stereocenters. The van der Waals surface area contributed by atoms with E-state index in [1.807, 2.05) is 31.2 Å². The fourth-order valence-corrected chi connectivity index (χ4v) is 2.11. The molecule has 1 amide bonds. The molecule has 0 aromatic heterocycles. The molecule has 6 nitrogen and oxygen atoms in total. The molecule has 0 spiro atoms. The quantitative estimate of drug-likeness (QED) is 0.775. The van der Waals surface area contributed by atoms with E-state index in [1.165, 1.54) is 7.11 Å². The molecule has 0 aliphatic carbocycles. The highest BCUT2D eigenvalue weighted by Gasteiger charge is 2.26. The van der Waals surface area contributed by atoms with Gasteiger partial charge in [-0.2, -0.15) is 0 Å². The summed E-state index contributed by atoms with van der Waals surface area (Å²) in [5.41, 5.74) is 1.24. The van der Waals surface area contributed by atoms with Crippen molar-refractivity contribution in [1.82, 2.24) is 5.32 Å². The Labute approximate surface area is 143 Å². The minimum absolute atomic E-state index is 0.301. The normalized spacial score (nSPS) is 12.4. The minimum Gasteiger partial charge on any atom is -0.467 e. The van der Waals surface area contributed by atoms with Crippen molar-refractivity contribution in [2.24, 2.45) is 0 Å². The zero-order valence-electron chi connectivity index (χ0n) is 15.0.